The van der Waals surface area contributed by atoms with Crippen LogP contribution in [0.1, 0.15) is 17.9 Å². The van der Waals surface area contributed by atoms with Crippen LogP contribution in [0.5, 0.6) is 0 Å². The van der Waals surface area contributed by atoms with Gasteiger partial charge >= 0.3 is 0 Å². The number of amides is 1. The Balaban J connectivity index is 1.83. The highest BCUT2D eigenvalue weighted by molar-refractivity contribution is 7.88. The van der Waals surface area contributed by atoms with E-state index in [1.807, 2.05) is 24.3 Å². The zero-order valence-corrected chi connectivity index (χ0v) is 18.1. The van der Waals surface area contributed by atoms with Crippen LogP contribution in [0.4, 0.5) is 5.69 Å². The summed E-state index contributed by atoms with van der Waals surface area (Å²) in [5.41, 5.74) is 1.01. The van der Waals surface area contributed by atoms with Crippen LogP contribution >= 0.6 is 12.2 Å². The first-order valence-electron chi connectivity index (χ1n) is 9.02. The minimum Gasteiger partial charge on any atom is -0.460 e. The number of carbonyl (C=O) groups excluding carboxylic acids is 1. The SMILES string of the molecule is CN1C(=S)N(c2ccccc2)C(=O)/C1=C\c1ccc(CN(CCC#N)S(C)(=O)=O)o1. The molecule has 0 unspecified atom stereocenters. The van der Waals surface area contributed by atoms with E-state index in [9.17, 15) is 13.2 Å². The van der Waals surface area contributed by atoms with Crippen LogP contribution in [0.3, 0.4) is 0 Å². The third-order valence-corrected chi connectivity index (χ3v) is 6.22. The van der Waals surface area contributed by atoms with Crippen molar-refractivity contribution in [3.8, 4) is 6.07 Å². The summed E-state index contributed by atoms with van der Waals surface area (Å²) < 4.78 is 30.7. The van der Waals surface area contributed by atoms with Crippen LogP contribution in [0.25, 0.3) is 6.08 Å². The molecule has 0 N–H and O–H groups in total. The average molecular weight is 445 g/mol. The zero-order valence-electron chi connectivity index (χ0n) is 16.5. The van der Waals surface area contributed by atoms with E-state index >= 15 is 0 Å². The van der Waals surface area contributed by atoms with Gasteiger partial charge in [-0.05, 0) is 36.5 Å². The summed E-state index contributed by atoms with van der Waals surface area (Å²) in [6.45, 7) is 0.0794. The van der Waals surface area contributed by atoms with Crippen molar-refractivity contribution in [2.24, 2.45) is 0 Å². The molecule has 1 aromatic carbocycles. The number of hydrogen-bond acceptors (Lipinski definition) is 6. The first kappa shape index (κ1) is 21.7. The van der Waals surface area contributed by atoms with Crippen molar-refractivity contribution >= 4 is 45.0 Å². The molecule has 1 saturated heterocycles. The topological polar surface area (TPSA) is 97.9 Å². The van der Waals surface area contributed by atoms with Crippen molar-refractivity contribution in [2.45, 2.75) is 13.0 Å². The number of para-hydroxylation sites is 1. The molecule has 1 aliphatic rings. The fourth-order valence-electron chi connectivity index (χ4n) is 2.96. The Morgan fingerprint density at radius 1 is 1.23 bits per heavy atom. The molecule has 1 aliphatic heterocycles. The number of rotatable bonds is 7. The second-order valence-corrected chi connectivity index (χ2v) is 9.00. The van der Waals surface area contributed by atoms with Crippen molar-refractivity contribution in [3.05, 3.63) is 59.7 Å². The van der Waals surface area contributed by atoms with E-state index in [0.717, 1.165) is 6.26 Å². The molecular formula is C20H20N4O4S2. The van der Waals surface area contributed by atoms with E-state index in [1.165, 1.54) is 9.21 Å². The van der Waals surface area contributed by atoms with Crippen LogP contribution in [0.15, 0.2) is 52.6 Å². The first-order chi connectivity index (χ1) is 14.2. The van der Waals surface area contributed by atoms with E-state index in [0.29, 0.717) is 28.0 Å². The van der Waals surface area contributed by atoms with Gasteiger partial charge in [-0.25, -0.2) is 8.42 Å². The monoisotopic (exact) mass is 444 g/mol. The zero-order chi connectivity index (χ0) is 21.9. The molecule has 1 fully saturated rings. The fourth-order valence-corrected chi connectivity index (χ4v) is 4.04. The van der Waals surface area contributed by atoms with Crippen LogP contribution < -0.4 is 4.90 Å². The number of thiocarbonyl (C=S) groups is 1. The molecule has 2 aromatic rings. The predicted molar refractivity (Wildman–Crippen MR) is 116 cm³/mol. The van der Waals surface area contributed by atoms with Gasteiger partial charge in [0.15, 0.2) is 5.11 Å². The fraction of sp³-hybridized carbons (Fsp3) is 0.250. The van der Waals surface area contributed by atoms with Gasteiger partial charge in [0, 0.05) is 26.1 Å². The first-order valence-corrected chi connectivity index (χ1v) is 11.3. The Kier molecular flexibility index (Phi) is 6.36. The second-order valence-electron chi connectivity index (χ2n) is 6.66. The number of nitriles is 1. The molecule has 0 aliphatic carbocycles. The Morgan fingerprint density at radius 2 is 1.93 bits per heavy atom. The molecule has 1 aromatic heterocycles. The number of furan rings is 1. The van der Waals surface area contributed by atoms with Gasteiger partial charge in [0.1, 0.15) is 17.2 Å². The van der Waals surface area contributed by atoms with Crippen molar-refractivity contribution in [3.63, 3.8) is 0 Å². The maximum Gasteiger partial charge on any atom is 0.281 e. The highest BCUT2D eigenvalue weighted by Gasteiger charge is 2.37. The normalized spacial score (nSPS) is 16.0. The molecule has 10 heteroatoms. The van der Waals surface area contributed by atoms with Gasteiger partial charge in [-0.3, -0.25) is 9.69 Å². The molecule has 3 rings (SSSR count). The molecule has 30 heavy (non-hydrogen) atoms. The van der Waals surface area contributed by atoms with E-state index in [-0.39, 0.29) is 25.4 Å². The summed E-state index contributed by atoms with van der Waals surface area (Å²) in [6.07, 6.45) is 2.74. The third-order valence-electron chi connectivity index (χ3n) is 4.51. The standard InChI is InChI=1S/C20H20N4O4S2/c1-22-18(19(25)24(20(22)29)15-7-4-3-5-8-15)13-16-9-10-17(28-16)14-23(12-6-11-21)30(2,26)27/h3-5,7-10,13H,6,12,14H2,1-2H3/b18-13+. The molecule has 0 radical (unpaired) electrons. The maximum absolute atomic E-state index is 12.9. The number of nitrogens with zero attached hydrogens (tertiary/aromatic N) is 4. The number of anilines is 1. The minimum atomic E-state index is -3.49. The van der Waals surface area contributed by atoms with Gasteiger partial charge in [-0.15, -0.1) is 0 Å². The van der Waals surface area contributed by atoms with Crippen LogP contribution in [-0.4, -0.2) is 48.5 Å². The Bertz CT molecular complexity index is 1130. The smallest absolute Gasteiger partial charge is 0.281 e. The van der Waals surface area contributed by atoms with Crippen molar-refractivity contribution in [2.75, 3.05) is 24.7 Å². The molecule has 1 amide bonds. The molecule has 0 atom stereocenters. The lowest BCUT2D eigenvalue weighted by atomic mass is 10.2. The summed E-state index contributed by atoms with van der Waals surface area (Å²) in [4.78, 5) is 16.0. The summed E-state index contributed by atoms with van der Waals surface area (Å²) in [5, 5.41) is 9.08. The van der Waals surface area contributed by atoms with E-state index in [4.69, 9.17) is 21.9 Å². The van der Waals surface area contributed by atoms with Crippen LogP contribution in [-0.2, 0) is 21.4 Å². The summed E-state index contributed by atoms with van der Waals surface area (Å²) in [5.74, 6) is 0.519. The van der Waals surface area contributed by atoms with Crippen molar-refractivity contribution in [1.29, 1.82) is 5.26 Å². The minimum absolute atomic E-state index is 0.00201. The Hall–Kier alpha value is -3.00. The Morgan fingerprint density at radius 3 is 2.57 bits per heavy atom. The van der Waals surface area contributed by atoms with E-state index in [1.54, 1.807) is 42.3 Å². The van der Waals surface area contributed by atoms with Gasteiger partial charge in [-0.1, -0.05) is 18.2 Å². The quantitative estimate of drug-likeness (QED) is 0.478. The highest BCUT2D eigenvalue weighted by atomic mass is 32.2. The second kappa shape index (κ2) is 8.79. The van der Waals surface area contributed by atoms with Crippen molar-refractivity contribution in [1.82, 2.24) is 9.21 Å². The lowest BCUT2D eigenvalue weighted by Gasteiger charge is -2.16. The highest BCUT2D eigenvalue weighted by Crippen LogP contribution is 2.28. The molecule has 0 spiro atoms. The molecule has 156 valence electrons. The largest absolute Gasteiger partial charge is 0.460 e. The van der Waals surface area contributed by atoms with E-state index < -0.39 is 10.0 Å². The van der Waals surface area contributed by atoms with Gasteiger partial charge < -0.3 is 9.32 Å². The van der Waals surface area contributed by atoms with Gasteiger partial charge in [0.25, 0.3) is 5.91 Å². The number of carbonyl (C=O) groups is 1. The average Bonchev–Trinajstić information content (AvgIpc) is 3.23. The number of sulfonamides is 1. The van der Waals surface area contributed by atoms with Crippen LogP contribution in [0, 0.1) is 11.3 Å². The lowest BCUT2D eigenvalue weighted by molar-refractivity contribution is -0.114. The molecule has 0 saturated carbocycles. The number of hydrogen-bond donors (Lipinski definition) is 0. The van der Waals surface area contributed by atoms with Crippen LogP contribution in [0.2, 0.25) is 0 Å². The van der Waals surface area contributed by atoms with Crippen molar-refractivity contribution < 1.29 is 17.6 Å². The van der Waals surface area contributed by atoms with Gasteiger partial charge in [0.05, 0.1) is 24.6 Å². The lowest BCUT2D eigenvalue weighted by Crippen LogP contribution is -2.30. The van der Waals surface area contributed by atoms with Gasteiger partial charge in [0.2, 0.25) is 10.0 Å². The molecular weight excluding hydrogens is 424 g/mol. The number of likely N-dealkylation sites (N-methyl/N-ethyl adjacent to an activating group) is 1. The molecule has 8 nitrogen and oxygen atoms in total. The Labute approximate surface area is 180 Å². The maximum atomic E-state index is 12.9. The predicted octanol–water partition coefficient (Wildman–Crippen LogP) is 2.56. The summed E-state index contributed by atoms with van der Waals surface area (Å²) >= 11 is 5.42. The van der Waals surface area contributed by atoms with E-state index in [2.05, 4.69) is 0 Å². The molecule has 2 heterocycles. The summed E-state index contributed by atoms with van der Waals surface area (Å²) in [7, 11) is -1.79. The number of benzene rings is 1. The molecule has 0 bridgehead atoms. The van der Waals surface area contributed by atoms with Gasteiger partial charge in [-0.2, -0.15) is 9.57 Å². The summed E-state index contributed by atoms with van der Waals surface area (Å²) in [6, 6.07) is 14.3. The third kappa shape index (κ3) is 4.59.